The summed E-state index contributed by atoms with van der Waals surface area (Å²) in [6.45, 7) is 2.87. The molecule has 0 amide bonds. The van der Waals surface area contributed by atoms with Crippen molar-refractivity contribution < 1.29 is 18.9 Å². The monoisotopic (exact) mass is 421 g/mol. The summed E-state index contributed by atoms with van der Waals surface area (Å²) >= 11 is 0. The third-order valence-corrected chi connectivity index (χ3v) is 7.57. The lowest BCUT2D eigenvalue weighted by Crippen LogP contribution is -2.32. The van der Waals surface area contributed by atoms with E-state index in [0.29, 0.717) is 13.2 Å². The Balaban J connectivity index is 1.31. The predicted octanol–water partition coefficient (Wildman–Crippen LogP) is 4.38. The second-order valence-corrected chi connectivity index (χ2v) is 9.34. The van der Waals surface area contributed by atoms with Crippen LogP contribution in [0.3, 0.4) is 0 Å². The van der Waals surface area contributed by atoms with Gasteiger partial charge in [0.15, 0.2) is 11.6 Å². The van der Waals surface area contributed by atoms with Crippen molar-refractivity contribution in [3.05, 3.63) is 52.8 Å². The van der Waals surface area contributed by atoms with Gasteiger partial charge in [0.1, 0.15) is 0 Å². The number of fused-ring (bicyclic) bond motifs is 2. The molecule has 2 aliphatic heterocycles. The zero-order valence-corrected chi connectivity index (χ0v) is 18.2. The molecule has 6 rings (SSSR count). The smallest absolute Gasteiger partial charge is 0.169 e. The molecular weight excluding hydrogens is 390 g/mol. The molecule has 3 heterocycles. The minimum atomic E-state index is -0.381. The van der Waals surface area contributed by atoms with Crippen LogP contribution in [0.15, 0.2) is 30.5 Å². The molecule has 0 unspecified atom stereocenters. The number of hydrogen-bond donors (Lipinski definition) is 0. The lowest BCUT2D eigenvalue weighted by atomic mass is 9.87. The van der Waals surface area contributed by atoms with Gasteiger partial charge in [-0.2, -0.15) is 0 Å². The van der Waals surface area contributed by atoms with E-state index < -0.39 is 0 Å². The fraction of sp³-hybridized carbons (Fsp3) is 0.577. The van der Waals surface area contributed by atoms with Crippen LogP contribution >= 0.6 is 0 Å². The summed E-state index contributed by atoms with van der Waals surface area (Å²) < 4.78 is 24.1. The van der Waals surface area contributed by atoms with Gasteiger partial charge < -0.3 is 18.9 Å². The molecule has 2 aromatic rings. The third kappa shape index (κ3) is 3.72. The van der Waals surface area contributed by atoms with E-state index in [0.717, 1.165) is 71.0 Å². The summed E-state index contributed by atoms with van der Waals surface area (Å²) in [6.07, 6.45) is 10.7. The number of rotatable bonds is 1. The maximum Gasteiger partial charge on any atom is 0.169 e. The summed E-state index contributed by atoms with van der Waals surface area (Å²) in [5.74, 6) is -0.741. The van der Waals surface area contributed by atoms with Crippen molar-refractivity contribution in [2.75, 3.05) is 26.4 Å². The van der Waals surface area contributed by atoms with E-state index in [-0.39, 0.29) is 11.6 Å². The van der Waals surface area contributed by atoms with Crippen LogP contribution in [-0.4, -0.2) is 43.0 Å². The van der Waals surface area contributed by atoms with Gasteiger partial charge in [0.05, 0.1) is 26.4 Å². The number of aromatic nitrogens is 1. The largest absolute Gasteiger partial charge is 0.348 e. The molecule has 2 spiro atoms. The quantitative estimate of drug-likeness (QED) is 0.684. The van der Waals surface area contributed by atoms with E-state index in [2.05, 4.69) is 24.3 Å². The Morgan fingerprint density at radius 3 is 2.13 bits per heavy atom. The molecule has 1 aromatic heterocycles. The van der Waals surface area contributed by atoms with Crippen molar-refractivity contribution in [1.29, 1.82) is 0 Å². The van der Waals surface area contributed by atoms with Crippen LogP contribution in [-0.2, 0) is 44.6 Å². The average Bonchev–Trinajstić information content (AvgIpc) is 3.41. The first kappa shape index (κ1) is 19.9. The molecule has 164 valence electrons. The molecule has 2 fully saturated rings. The molecule has 31 heavy (non-hydrogen) atoms. The summed E-state index contributed by atoms with van der Waals surface area (Å²) in [5, 5.41) is 0. The molecule has 0 bridgehead atoms. The van der Waals surface area contributed by atoms with Gasteiger partial charge in [-0.05, 0) is 66.0 Å². The van der Waals surface area contributed by atoms with Gasteiger partial charge in [-0.3, -0.25) is 4.98 Å². The van der Waals surface area contributed by atoms with Crippen molar-refractivity contribution in [2.24, 2.45) is 0 Å². The summed E-state index contributed by atoms with van der Waals surface area (Å²) in [6, 6.07) is 9.20. The topological polar surface area (TPSA) is 49.8 Å². The minimum Gasteiger partial charge on any atom is -0.348 e. The van der Waals surface area contributed by atoms with Crippen molar-refractivity contribution in [1.82, 2.24) is 4.98 Å². The van der Waals surface area contributed by atoms with Crippen LogP contribution in [0.2, 0.25) is 0 Å². The first-order chi connectivity index (χ1) is 15.2. The van der Waals surface area contributed by atoms with Crippen molar-refractivity contribution >= 4 is 0 Å². The van der Waals surface area contributed by atoms with E-state index in [1.54, 1.807) is 0 Å². The fourth-order valence-electron chi connectivity index (χ4n) is 5.88. The van der Waals surface area contributed by atoms with E-state index in [1.165, 1.54) is 33.5 Å². The highest BCUT2D eigenvalue weighted by molar-refractivity contribution is 5.69. The van der Waals surface area contributed by atoms with E-state index in [1.807, 2.05) is 6.20 Å². The normalized spacial score (nSPS) is 24.4. The first-order valence-electron chi connectivity index (χ1n) is 11.9. The maximum absolute atomic E-state index is 6.05. The minimum absolute atomic E-state index is 0.360. The van der Waals surface area contributed by atoms with E-state index in [9.17, 15) is 0 Å². The van der Waals surface area contributed by atoms with Gasteiger partial charge in [0, 0.05) is 37.6 Å². The van der Waals surface area contributed by atoms with Gasteiger partial charge in [-0.1, -0.05) is 18.2 Å². The Bertz CT molecular complexity index is 960. The van der Waals surface area contributed by atoms with Crippen LogP contribution in [0.1, 0.15) is 54.5 Å². The van der Waals surface area contributed by atoms with Gasteiger partial charge in [0.2, 0.25) is 0 Å². The van der Waals surface area contributed by atoms with Crippen molar-refractivity contribution in [3.8, 4) is 11.1 Å². The summed E-state index contributed by atoms with van der Waals surface area (Å²) in [4.78, 5) is 4.76. The Morgan fingerprint density at radius 2 is 1.35 bits per heavy atom. The van der Waals surface area contributed by atoms with Crippen LogP contribution < -0.4 is 0 Å². The molecule has 5 heteroatoms. The molecule has 4 aliphatic rings. The predicted molar refractivity (Wildman–Crippen MR) is 117 cm³/mol. The highest BCUT2D eigenvalue weighted by Crippen LogP contribution is 2.39. The lowest BCUT2D eigenvalue weighted by molar-refractivity contribution is -0.167. The Kier molecular flexibility index (Phi) is 5.10. The molecule has 0 saturated carbocycles. The Hall–Kier alpha value is -1.79. The first-order valence-corrected chi connectivity index (χ1v) is 11.9. The number of pyridine rings is 1. The van der Waals surface area contributed by atoms with Crippen LogP contribution in [0.25, 0.3) is 11.1 Å². The van der Waals surface area contributed by atoms with Gasteiger partial charge in [0.25, 0.3) is 0 Å². The van der Waals surface area contributed by atoms with Crippen LogP contribution in [0, 0.1) is 0 Å². The molecule has 2 aliphatic carbocycles. The van der Waals surface area contributed by atoms with Crippen LogP contribution in [0.4, 0.5) is 0 Å². The summed E-state index contributed by atoms with van der Waals surface area (Å²) in [7, 11) is 0. The molecule has 5 nitrogen and oxygen atoms in total. The lowest BCUT2D eigenvalue weighted by Gasteiger charge is -2.30. The zero-order chi connectivity index (χ0) is 20.7. The average molecular weight is 422 g/mol. The van der Waals surface area contributed by atoms with Crippen molar-refractivity contribution in [2.45, 2.75) is 69.4 Å². The molecular formula is C26H31NO4. The van der Waals surface area contributed by atoms with E-state index in [4.69, 9.17) is 23.9 Å². The Labute approximate surface area is 184 Å². The number of hydrogen-bond acceptors (Lipinski definition) is 5. The van der Waals surface area contributed by atoms with E-state index >= 15 is 0 Å². The highest BCUT2D eigenvalue weighted by Gasteiger charge is 2.38. The number of ether oxygens (including phenoxy) is 4. The van der Waals surface area contributed by atoms with Crippen molar-refractivity contribution in [3.63, 3.8) is 0 Å². The van der Waals surface area contributed by atoms with Gasteiger partial charge >= 0.3 is 0 Å². The number of nitrogens with zero attached hydrogens (tertiary/aromatic N) is 1. The van der Waals surface area contributed by atoms with Gasteiger partial charge in [-0.15, -0.1) is 0 Å². The van der Waals surface area contributed by atoms with Crippen LogP contribution in [0.5, 0.6) is 0 Å². The number of aryl methyl sites for hydroxylation is 3. The van der Waals surface area contributed by atoms with Gasteiger partial charge in [-0.25, -0.2) is 0 Å². The molecule has 0 atom stereocenters. The maximum atomic E-state index is 6.05. The molecule has 2 saturated heterocycles. The molecule has 0 radical (unpaired) electrons. The number of benzene rings is 1. The second kappa shape index (κ2) is 7.96. The second-order valence-electron chi connectivity index (χ2n) is 9.34. The molecule has 1 aromatic carbocycles. The third-order valence-electron chi connectivity index (χ3n) is 7.57. The standard InChI is InChI=1S/C26H31NO4/c1-2-24-23(7-12-25(9-1)28-14-15-29-25)22(8-13-27-24)21-4-3-19-5-10-26(30-16-17-31-26)11-6-20(19)18-21/h3-4,8,13,18H,1-2,5-7,9-12,14-17H2. The Morgan fingerprint density at radius 1 is 0.677 bits per heavy atom. The SMILES string of the molecule is c1cc(-c2ccc3c(c2)CCC2(CC3)OCCO2)c2c(n1)CCCC1(CC2)OCCO1. The summed E-state index contributed by atoms with van der Waals surface area (Å²) in [5.41, 5.74) is 8.09. The fourth-order valence-corrected chi connectivity index (χ4v) is 5.88. The molecule has 0 N–H and O–H groups in total. The zero-order valence-electron chi connectivity index (χ0n) is 18.2. The highest BCUT2D eigenvalue weighted by atomic mass is 16.7.